The van der Waals surface area contributed by atoms with E-state index in [1.165, 1.54) is 19.2 Å². The van der Waals surface area contributed by atoms with Gasteiger partial charge in [-0.25, -0.2) is 4.79 Å². The van der Waals surface area contributed by atoms with E-state index in [0.29, 0.717) is 34.7 Å². The highest BCUT2D eigenvalue weighted by Gasteiger charge is 2.47. The summed E-state index contributed by atoms with van der Waals surface area (Å²) < 4.78 is 16.1. The minimum absolute atomic E-state index is 0.00105. The minimum Gasteiger partial charge on any atom is -0.508 e. The number of aromatic hydroxyl groups is 1. The van der Waals surface area contributed by atoms with E-state index >= 15 is 0 Å². The number of hydrogen-bond donors (Lipinski definition) is 2. The van der Waals surface area contributed by atoms with Gasteiger partial charge in [0.25, 0.3) is 0 Å². The zero-order chi connectivity index (χ0) is 25.8. The van der Waals surface area contributed by atoms with Crippen LogP contribution in [0.25, 0.3) is 0 Å². The van der Waals surface area contributed by atoms with Gasteiger partial charge in [-0.15, -0.1) is 0 Å². The second-order valence-corrected chi connectivity index (χ2v) is 8.93. The molecule has 4 rings (SSSR count). The largest absolute Gasteiger partial charge is 0.508 e. The Balaban J connectivity index is 1.64. The first-order valence-electron chi connectivity index (χ1n) is 11.8. The summed E-state index contributed by atoms with van der Waals surface area (Å²) in [5, 5.41) is 13.4. The van der Waals surface area contributed by atoms with Crippen LogP contribution in [0.2, 0.25) is 0 Å². The number of dihydropyridines is 1. The van der Waals surface area contributed by atoms with Gasteiger partial charge < -0.3 is 24.6 Å². The van der Waals surface area contributed by atoms with E-state index < -0.39 is 29.6 Å². The van der Waals surface area contributed by atoms with Crippen molar-refractivity contribution in [2.75, 3.05) is 20.3 Å². The van der Waals surface area contributed by atoms with E-state index in [0.717, 1.165) is 0 Å². The van der Waals surface area contributed by atoms with Crippen LogP contribution < -0.4 is 10.1 Å². The predicted molar refractivity (Wildman–Crippen MR) is 131 cm³/mol. The van der Waals surface area contributed by atoms with Crippen LogP contribution in [0.1, 0.15) is 31.7 Å². The first-order valence-corrected chi connectivity index (χ1v) is 11.8. The predicted octanol–water partition coefficient (Wildman–Crippen LogP) is 3.63. The molecule has 1 aliphatic heterocycles. The fourth-order valence-corrected chi connectivity index (χ4v) is 4.88. The lowest BCUT2D eigenvalue weighted by Gasteiger charge is -2.38. The topological polar surface area (TPSA) is 111 Å². The second-order valence-electron chi connectivity index (χ2n) is 8.93. The summed E-state index contributed by atoms with van der Waals surface area (Å²) in [6.45, 7) is 3.72. The number of para-hydroxylation sites is 1. The molecule has 1 heterocycles. The Kier molecular flexibility index (Phi) is 7.43. The highest BCUT2D eigenvalue weighted by Crippen LogP contribution is 2.45. The van der Waals surface area contributed by atoms with E-state index in [1.807, 2.05) is 25.1 Å². The Morgan fingerprint density at radius 1 is 1.08 bits per heavy atom. The Morgan fingerprint density at radius 2 is 1.83 bits per heavy atom. The number of benzene rings is 2. The highest BCUT2D eigenvalue weighted by atomic mass is 16.6. The number of methoxy groups -OCH3 is 1. The van der Waals surface area contributed by atoms with Crippen LogP contribution in [0.5, 0.6) is 11.5 Å². The van der Waals surface area contributed by atoms with E-state index in [1.54, 1.807) is 31.2 Å². The van der Waals surface area contributed by atoms with Gasteiger partial charge in [0.05, 0.1) is 12.7 Å². The maximum atomic E-state index is 13.7. The zero-order valence-electron chi connectivity index (χ0n) is 20.4. The standard InChI is InChI=1S/C28H29NO7/c1-16-14-21-25(26(31)22(16)27(32)34-3)24(18-8-7-9-19(30)15-18)23(17(2)29-21)28(33)36-13-12-35-20-10-5-4-6-11-20/h4-11,15-16,22,24,29-30H,12-14H2,1-3H3/t16-,22-,24+/m1/s1. The maximum absolute atomic E-state index is 13.7. The maximum Gasteiger partial charge on any atom is 0.336 e. The van der Waals surface area contributed by atoms with Crippen molar-refractivity contribution in [2.45, 2.75) is 26.2 Å². The molecule has 3 atom stereocenters. The molecule has 0 saturated carbocycles. The molecular weight excluding hydrogens is 462 g/mol. The SMILES string of the molecule is COC(=O)[C@H]1C(=O)C2=C(C[C@H]1C)NC(C)=C(C(=O)OCCOc1ccccc1)[C@@H]2c1cccc(O)c1. The van der Waals surface area contributed by atoms with Gasteiger partial charge in [-0.3, -0.25) is 9.59 Å². The Bertz CT molecular complexity index is 1230. The number of esters is 2. The number of carbonyl (C=O) groups excluding carboxylic acids is 3. The molecule has 0 spiro atoms. The number of hydrogen-bond acceptors (Lipinski definition) is 8. The normalized spacial score (nSPS) is 21.4. The smallest absolute Gasteiger partial charge is 0.336 e. The third kappa shape index (κ3) is 4.98. The van der Waals surface area contributed by atoms with E-state index in [4.69, 9.17) is 14.2 Å². The fourth-order valence-electron chi connectivity index (χ4n) is 4.88. The van der Waals surface area contributed by atoms with Gasteiger partial charge in [0.1, 0.15) is 30.6 Å². The number of Topliss-reactive ketones (excluding diaryl/α,β-unsaturated/α-hetero) is 1. The third-order valence-electron chi connectivity index (χ3n) is 6.49. The van der Waals surface area contributed by atoms with Crippen molar-refractivity contribution < 1.29 is 33.7 Å². The van der Waals surface area contributed by atoms with Crippen LogP contribution in [0.15, 0.2) is 77.1 Å². The number of carbonyl (C=O) groups is 3. The average Bonchev–Trinajstić information content (AvgIpc) is 2.86. The van der Waals surface area contributed by atoms with Crippen molar-refractivity contribution in [2.24, 2.45) is 11.8 Å². The minimum atomic E-state index is -0.981. The monoisotopic (exact) mass is 491 g/mol. The summed E-state index contributed by atoms with van der Waals surface area (Å²) in [6, 6.07) is 15.6. The van der Waals surface area contributed by atoms with Crippen molar-refractivity contribution in [3.63, 3.8) is 0 Å². The van der Waals surface area contributed by atoms with Gasteiger partial charge in [-0.1, -0.05) is 37.3 Å². The molecule has 36 heavy (non-hydrogen) atoms. The molecule has 2 aliphatic rings. The molecule has 0 saturated heterocycles. The van der Waals surface area contributed by atoms with Gasteiger partial charge in [0.15, 0.2) is 5.78 Å². The Labute approximate surface area is 209 Å². The molecule has 0 fully saturated rings. The van der Waals surface area contributed by atoms with Gasteiger partial charge >= 0.3 is 11.9 Å². The third-order valence-corrected chi connectivity index (χ3v) is 6.49. The number of allylic oxidation sites excluding steroid dienone is 3. The number of ether oxygens (including phenoxy) is 3. The molecular formula is C28H29NO7. The molecule has 0 amide bonds. The van der Waals surface area contributed by atoms with Crippen LogP contribution in [0, 0.1) is 11.8 Å². The van der Waals surface area contributed by atoms with E-state index in [2.05, 4.69) is 5.32 Å². The quantitative estimate of drug-likeness (QED) is 0.343. The highest BCUT2D eigenvalue weighted by molar-refractivity contribution is 6.12. The molecule has 0 unspecified atom stereocenters. The molecule has 0 aromatic heterocycles. The van der Waals surface area contributed by atoms with Crippen LogP contribution in [-0.2, 0) is 23.9 Å². The van der Waals surface area contributed by atoms with Crippen molar-refractivity contribution in [3.05, 3.63) is 82.7 Å². The molecule has 0 bridgehead atoms. The first-order chi connectivity index (χ1) is 17.3. The van der Waals surface area contributed by atoms with Crippen LogP contribution in [0.3, 0.4) is 0 Å². The summed E-state index contributed by atoms with van der Waals surface area (Å²) in [5.41, 5.74) is 2.30. The Hall–Kier alpha value is -4.07. The van der Waals surface area contributed by atoms with Gasteiger partial charge in [-0.2, -0.15) is 0 Å². The van der Waals surface area contributed by atoms with Crippen LogP contribution in [-0.4, -0.2) is 43.2 Å². The zero-order valence-corrected chi connectivity index (χ0v) is 20.4. The van der Waals surface area contributed by atoms with Crippen molar-refractivity contribution >= 4 is 17.7 Å². The van der Waals surface area contributed by atoms with E-state index in [-0.39, 0.29) is 30.5 Å². The van der Waals surface area contributed by atoms with Crippen LogP contribution >= 0.6 is 0 Å². The fraction of sp³-hybridized carbons (Fsp3) is 0.321. The summed E-state index contributed by atoms with van der Waals surface area (Å²) >= 11 is 0. The number of phenols is 1. The lowest BCUT2D eigenvalue weighted by molar-refractivity contribution is -0.151. The van der Waals surface area contributed by atoms with Gasteiger partial charge in [0, 0.05) is 22.9 Å². The molecule has 8 nitrogen and oxygen atoms in total. The van der Waals surface area contributed by atoms with E-state index in [9.17, 15) is 19.5 Å². The van der Waals surface area contributed by atoms with Crippen molar-refractivity contribution in [1.82, 2.24) is 5.32 Å². The lowest BCUT2D eigenvalue weighted by Crippen LogP contribution is -2.43. The van der Waals surface area contributed by atoms with Gasteiger partial charge in [0.2, 0.25) is 0 Å². The average molecular weight is 492 g/mol. The molecule has 8 heteroatoms. The van der Waals surface area contributed by atoms with Crippen LogP contribution in [0.4, 0.5) is 0 Å². The molecule has 0 radical (unpaired) electrons. The molecule has 2 N–H and O–H groups in total. The van der Waals surface area contributed by atoms with Crippen molar-refractivity contribution in [1.29, 1.82) is 0 Å². The Morgan fingerprint density at radius 3 is 2.53 bits per heavy atom. The molecule has 1 aliphatic carbocycles. The number of phenolic OH excluding ortho intramolecular Hbond substituents is 1. The molecule has 188 valence electrons. The summed E-state index contributed by atoms with van der Waals surface area (Å²) in [4.78, 5) is 39.5. The molecule has 2 aromatic carbocycles. The summed E-state index contributed by atoms with van der Waals surface area (Å²) in [6.07, 6.45) is 0.431. The summed E-state index contributed by atoms with van der Waals surface area (Å²) in [7, 11) is 1.25. The number of ketones is 1. The van der Waals surface area contributed by atoms with Crippen molar-refractivity contribution in [3.8, 4) is 11.5 Å². The molecule has 2 aromatic rings. The number of rotatable bonds is 7. The number of nitrogens with one attached hydrogen (secondary N) is 1. The second kappa shape index (κ2) is 10.7. The first kappa shape index (κ1) is 25.0. The summed E-state index contributed by atoms with van der Waals surface area (Å²) in [5.74, 6) is -3.05. The van der Waals surface area contributed by atoms with Gasteiger partial charge in [-0.05, 0) is 49.1 Å². The lowest BCUT2D eigenvalue weighted by atomic mass is 9.69.